The van der Waals surface area contributed by atoms with Gasteiger partial charge in [-0.3, -0.25) is 14.5 Å². The van der Waals surface area contributed by atoms with E-state index in [0.29, 0.717) is 47.7 Å². The highest BCUT2D eigenvalue weighted by atomic mass is 16.5. The molecule has 0 spiro atoms. The van der Waals surface area contributed by atoms with E-state index < -0.39 is 11.9 Å². The third kappa shape index (κ3) is 3.54. The number of aromatic nitrogens is 2. The molecule has 8 nitrogen and oxygen atoms in total. The van der Waals surface area contributed by atoms with Crippen molar-refractivity contribution in [1.29, 1.82) is 0 Å². The zero-order valence-electron chi connectivity index (χ0n) is 16.3. The summed E-state index contributed by atoms with van der Waals surface area (Å²) in [7, 11) is 3.04. The predicted octanol–water partition coefficient (Wildman–Crippen LogP) is 1.35. The van der Waals surface area contributed by atoms with Crippen LogP contribution in [0.4, 0.5) is 0 Å². The van der Waals surface area contributed by atoms with Crippen LogP contribution in [0.2, 0.25) is 0 Å². The molecule has 0 saturated heterocycles. The van der Waals surface area contributed by atoms with Crippen molar-refractivity contribution in [2.45, 2.75) is 25.6 Å². The number of nitrogens with one attached hydrogen (secondary N) is 1. The average molecular weight is 394 g/mol. The van der Waals surface area contributed by atoms with Crippen molar-refractivity contribution in [2.75, 3.05) is 14.2 Å². The number of amides is 1. The number of H-pyrrole nitrogens is 1. The van der Waals surface area contributed by atoms with E-state index in [-0.39, 0.29) is 5.56 Å². The standard InChI is InChI=1S/C21H22N4O4/c1-28-17-8-14-15(9-18(17)29-2)23-19(24-21(14)27)11-25-10-13-6-4-3-5-12(13)7-16(25)20(22)26/h3-6,8-9,16H,7,10-11H2,1-2H3,(H2,22,26)(H,23,24,27)/t16-/m1/s1. The fraction of sp³-hybridized carbons (Fsp3) is 0.286. The molecule has 1 aromatic heterocycles. The number of carbonyl (C=O) groups is 1. The third-order valence-electron chi connectivity index (χ3n) is 5.29. The molecule has 150 valence electrons. The number of aromatic amines is 1. The maximum Gasteiger partial charge on any atom is 0.258 e. The van der Waals surface area contributed by atoms with Gasteiger partial charge in [0.25, 0.3) is 5.56 Å². The molecular weight excluding hydrogens is 372 g/mol. The Kier molecular flexibility index (Phi) is 4.94. The first-order valence-electron chi connectivity index (χ1n) is 9.25. The van der Waals surface area contributed by atoms with Gasteiger partial charge in [0.05, 0.1) is 37.7 Å². The van der Waals surface area contributed by atoms with Crippen LogP contribution in [0.15, 0.2) is 41.2 Å². The Balaban J connectivity index is 1.71. The molecule has 0 fully saturated rings. The van der Waals surface area contributed by atoms with Crippen molar-refractivity contribution in [3.8, 4) is 11.5 Å². The molecule has 0 saturated carbocycles. The lowest BCUT2D eigenvalue weighted by atomic mass is 9.93. The summed E-state index contributed by atoms with van der Waals surface area (Å²) in [6.07, 6.45) is 0.536. The first-order chi connectivity index (χ1) is 14.0. The SMILES string of the molecule is COc1cc2nc(CN3Cc4ccccc4C[C@@H]3C(N)=O)[nH]c(=O)c2cc1OC. The number of methoxy groups -OCH3 is 2. The van der Waals surface area contributed by atoms with Crippen molar-refractivity contribution in [3.05, 3.63) is 63.7 Å². The van der Waals surface area contributed by atoms with Gasteiger partial charge in [-0.05, 0) is 23.6 Å². The first kappa shape index (κ1) is 18.9. The molecule has 1 amide bonds. The molecule has 2 heterocycles. The van der Waals surface area contributed by atoms with E-state index in [1.54, 1.807) is 12.1 Å². The summed E-state index contributed by atoms with van der Waals surface area (Å²) in [4.78, 5) is 34.0. The number of hydrogen-bond donors (Lipinski definition) is 2. The molecule has 0 bridgehead atoms. The van der Waals surface area contributed by atoms with Gasteiger partial charge in [-0.2, -0.15) is 0 Å². The van der Waals surface area contributed by atoms with Crippen LogP contribution in [0.3, 0.4) is 0 Å². The molecule has 2 aromatic carbocycles. The minimum atomic E-state index is -0.462. The first-order valence-corrected chi connectivity index (χ1v) is 9.25. The number of carbonyl (C=O) groups excluding carboxylic acids is 1. The van der Waals surface area contributed by atoms with E-state index in [0.717, 1.165) is 11.1 Å². The number of primary amides is 1. The average Bonchev–Trinajstić information content (AvgIpc) is 2.72. The van der Waals surface area contributed by atoms with Gasteiger partial charge in [-0.15, -0.1) is 0 Å². The molecule has 4 rings (SSSR count). The largest absolute Gasteiger partial charge is 0.493 e. The Hall–Kier alpha value is -3.39. The third-order valence-corrected chi connectivity index (χ3v) is 5.29. The number of nitrogens with zero attached hydrogens (tertiary/aromatic N) is 2. The minimum absolute atomic E-state index is 0.279. The Morgan fingerprint density at radius 1 is 1.21 bits per heavy atom. The highest BCUT2D eigenvalue weighted by Crippen LogP contribution is 2.30. The second-order valence-corrected chi connectivity index (χ2v) is 7.03. The summed E-state index contributed by atoms with van der Waals surface area (Å²) in [5.74, 6) is 1.02. The molecule has 0 aliphatic carbocycles. The number of nitrogens with two attached hydrogens (primary N) is 1. The maximum atomic E-state index is 12.6. The van der Waals surface area contributed by atoms with Crippen molar-refractivity contribution in [3.63, 3.8) is 0 Å². The zero-order chi connectivity index (χ0) is 20.5. The van der Waals surface area contributed by atoms with Gasteiger partial charge in [-0.25, -0.2) is 4.98 Å². The smallest absolute Gasteiger partial charge is 0.258 e. The van der Waals surface area contributed by atoms with Crippen LogP contribution in [0.1, 0.15) is 17.0 Å². The highest BCUT2D eigenvalue weighted by molar-refractivity contribution is 5.82. The van der Waals surface area contributed by atoms with Crippen LogP contribution < -0.4 is 20.8 Å². The van der Waals surface area contributed by atoms with Crippen molar-refractivity contribution in [1.82, 2.24) is 14.9 Å². The summed E-state index contributed by atoms with van der Waals surface area (Å²) >= 11 is 0. The molecule has 1 aliphatic rings. The molecule has 3 N–H and O–H groups in total. The topological polar surface area (TPSA) is 111 Å². The molecule has 8 heteroatoms. The summed E-state index contributed by atoms with van der Waals surface area (Å²) in [6.45, 7) is 0.846. The van der Waals surface area contributed by atoms with Crippen LogP contribution in [-0.4, -0.2) is 41.0 Å². The number of benzene rings is 2. The van der Waals surface area contributed by atoms with E-state index in [9.17, 15) is 9.59 Å². The second kappa shape index (κ2) is 7.56. The van der Waals surface area contributed by atoms with E-state index in [4.69, 9.17) is 15.2 Å². The van der Waals surface area contributed by atoms with E-state index in [1.807, 2.05) is 29.2 Å². The number of rotatable bonds is 5. The summed E-state index contributed by atoms with van der Waals surface area (Å²) in [5.41, 5.74) is 8.13. The molecule has 1 aliphatic heterocycles. The molecule has 1 atom stereocenters. The van der Waals surface area contributed by atoms with Gasteiger partial charge < -0.3 is 20.2 Å². The van der Waals surface area contributed by atoms with Crippen LogP contribution in [0, 0.1) is 0 Å². The van der Waals surface area contributed by atoms with Crippen LogP contribution in [-0.2, 0) is 24.3 Å². The van der Waals surface area contributed by atoms with E-state index in [1.165, 1.54) is 14.2 Å². The Labute approximate surface area is 167 Å². The molecule has 0 radical (unpaired) electrons. The van der Waals surface area contributed by atoms with Crippen molar-refractivity contribution < 1.29 is 14.3 Å². The van der Waals surface area contributed by atoms with Gasteiger partial charge in [0, 0.05) is 12.6 Å². The summed E-state index contributed by atoms with van der Waals surface area (Å²) in [6, 6.07) is 10.8. The lowest BCUT2D eigenvalue weighted by molar-refractivity contribution is -0.124. The fourth-order valence-electron chi connectivity index (χ4n) is 3.81. The summed E-state index contributed by atoms with van der Waals surface area (Å²) < 4.78 is 10.6. The minimum Gasteiger partial charge on any atom is -0.493 e. The Morgan fingerprint density at radius 3 is 2.59 bits per heavy atom. The Morgan fingerprint density at radius 2 is 1.90 bits per heavy atom. The quantitative estimate of drug-likeness (QED) is 0.676. The van der Waals surface area contributed by atoms with Gasteiger partial charge in [-0.1, -0.05) is 24.3 Å². The van der Waals surface area contributed by atoms with E-state index >= 15 is 0 Å². The van der Waals surface area contributed by atoms with Gasteiger partial charge in [0.15, 0.2) is 11.5 Å². The van der Waals surface area contributed by atoms with Crippen molar-refractivity contribution >= 4 is 16.8 Å². The molecule has 0 unspecified atom stereocenters. The fourth-order valence-corrected chi connectivity index (χ4v) is 3.81. The van der Waals surface area contributed by atoms with Gasteiger partial charge in [0.1, 0.15) is 5.82 Å². The number of ether oxygens (including phenoxy) is 2. The second-order valence-electron chi connectivity index (χ2n) is 7.03. The summed E-state index contributed by atoms with van der Waals surface area (Å²) in [5, 5.41) is 0.404. The van der Waals surface area contributed by atoms with Gasteiger partial charge >= 0.3 is 0 Å². The predicted molar refractivity (Wildman–Crippen MR) is 108 cm³/mol. The monoisotopic (exact) mass is 394 g/mol. The molecule has 3 aromatic rings. The van der Waals surface area contributed by atoms with Gasteiger partial charge in [0.2, 0.25) is 5.91 Å². The lowest BCUT2D eigenvalue weighted by Crippen LogP contribution is -2.48. The Bertz CT molecular complexity index is 1140. The highest BCUT2D eigenvalue weighted by Gasteiger charge is 2.30. The van der Waals surface area contributed by atoms with Crippen LogP contribution in [0.5, 0.6) is 11.5 Å². The van der Waals surface area contributed by atoms with Crippen LogP contribution in [0.25, 0.3) is 10.9 Å². The molecular formula is C21H22N4O4. The normalized spacial score (nSPS) is 16.4. The van der Waals surface area contributed by atoms with Crippen LogP contribution >= 0.6 is 0 Å². The number of hydrogen-bond acceptors (Lipinski definition) is 6. The zero-order valence-corrected chi connectivity index (χ0v) is 16.3. The van der Waals surface area contributed by atoms with Crippen molar-refractivity contribution in [2.24, 2.45) is 5.73 Å². The maximum absolute atomic E-state index is 12.6. The lowest BCUT2D eigenvalue weighted by Gasteiger charge is -2.34. The number of fused-ring (bicyclic) bond motifs is 2. The molecule has 29 heavy (non-hydrogen) atoms. The van der Waals surface area contributed by atoms with E-state index in [2.05, 4.69) is 9.97 Å².